The Kier molecular flexibility index (Phi) is 9.64. The number of hydrogen-bond donors (Lipinski definition) is 2. The zero-order chi connectivity index (χ0) is 14.0. The molecule has 0 aliphatic heterocycles. The second-order valence-corrected chi connectivity index (χ2v) is 5.19. The molecule has 0 radical (unpaired) electrons. The number of aliphatic hydroxyl groups is 2. The van der Waals surface area contributed by atoms with Gasteiger partial charge in [0.05, 0.1) is 6.10 Å². The second kappa shape index (κ2) is 9.73. The number of rotatable bonds is 11. The van der Waals surface area contributed by atoms with Gasteiger partial charge in [0.2, 0.25) is 0 Å². The number of hydrogen-bond acceptors (Lipinski definition) is 4. The molecule has 0 saturated heterocycles. The molecule has 0 aliphatic rings. The van der Waals surface area contributed by atoms with Gasteiger partial charge in [0.1, 0.15) is 5.60 Å². The third-order valence-electron chi connectivity index (χ3n) is 2.75. The fraction of sp³-hybridized carbons (Fsp3) is 1.00. The maximum absolute atomic E-state index is 10.3. The van der Waals surface area contributed by atoms with Gasteiger partial charge in [-0.15, -0.1) is 0 Å². The number of unbranched alkanes of at least 4 members (excludes halogenated alkanes) is 2. The average molecular weight is 262 g/mol. The summed E-state index contributed by atoms with van der Waals surface area (Å²) < 4.78 is 11.2. The van der Waals surface area contributed by atoms with Crippen LogP contribution in [-0.4, -0.2) is 41.4 Å². The molecule has 4 nitrogen and oxygen atoms in total. The Balaban J connectivity index is 4.31. The highest BCUT2D eigenvalue weighted by Crippen LogP contribution is 2.21. The van der Waals surface area contributed by atoms with Gasteiger partial charge in [0, 0.05) is 19.6 Å². The summed E-state index contributed by atoms with van der Waals surface area (Å²) in [6, 6.07) is 0. The van der Waals surface area contributed by atoms with Gasteiger partial charge in [0.25, 0.3) is 0 Å². The molecule has 0 rings (SSSR count). The van der Waals surface area contributed by atoms with Gasteiger partial charge in [-0.25, -0.2) is 0 Å². The highest BCUT2D eigenvalue weighted by atomic mass is 16.7. The second-order valence-electron chi connectivity index (χ2n) is 5.19. The van der Waals surface area contributed by atoms with E-state index in [1.807, 2.05) is 0 Å². The van der Waals surface area contributed by atoms with Crippen molar-refractivity contribution in [3.05, 3.63) is 0 Å². The molecule has 110 valence electrons. The molecule has 0 amide bonds. The highest BCUT2D eigenvalue weighted by molar-refractivity contribution is 4.79. The van der Waals surface area contributed by atoms with Crippen molar-refractivity contribution in [3.63, 3.8) is 0 Å². The van der Waals surface area contributed by atoms with E-state index < -0.39 is 18.0 Å². The summed E-state index contributed by atoms with van der Waals surface area (Å²) >= 11 is 0. The minimum Gasteiger partial charge on any atom is -0.393 e. The Morgan fingerprint density at radius 3 is 1.83 bits per heavy atom. The molecule has 0 aromatic carbocycles. The van der Waals surface area contributed by atoms with Crippen LogP contribution in [0.2, 0.25) is 0 Å². The molecule has 0 aliphatic carbocycles. The van der Waals surface area contributed by atoms with Crippen molar-refractivity contribution in [1.29, 1.82) is 0 Å². The smallest absolute Gasteiger partial charge is 0.186 e. The predicted molar refractivity (Wildman–Crippen MR) is 72.4 cm³/mol. The monoisotopic (exact) mass is 262 g/mol. The molecule has 2 atom stereocenters. The lowest BCUT2D eigenvalue weighted by atomic mass is 9.98. The SMILES string of the molecule is CCCCOC(OCCCC)C(C)(O)CC(C)O. The van der Waals surface area contributed by atoms with E-state index in [4.69, 9.17) is 9.47 Å². The van der Waals surface area contributed by atoms with Crippen LogP contribution in [0.5, 0.6) is 0 Å². The molecule has 0 heterocycles. The standard InChI is InChI=1S/C14H30O4/c1-5-7-9-17-13(18-10-8-6-2)14(4,16)11-12(3)15/h12-13,15-16H,5-11H2,1-4H3. The first-order valence-corrected chi connectivity index (χ1v) is 7.07. The first kappa shape index (κ1) is 17.8. The van der Waals surface area contributed by atoms with E-state index in [2.05, 4.69) is 13.8 Å². The Morgan fingerprint density at radius 2 is 1.50 bits per heavy atom. The number of aliphatic hydroxyl groups excluding tert-OH is 1. The summed E-state index contributed by atoms with van der Waals surface area (Å²) in [7, 11) is 0. The van der Waals surface area contributed by atoms with Crippen LogP contribution in [0.4, 0.5) is 0 Å². The predicted octanol–water partition coefficient (Wildman–Crippen LogP) is 2.47. The maximum atomic E-state index is 10.3. The Hall–Kier alpha value is -0.160. The largest absolute Gasteiger partial charge is 0.393 e. The van der Waals surface area contributed by atoms with Crippen molar-refractivity contribution in [3.8, 4) is 0 Å². The van der Waals surface area contributed by atoms with E-state index in [-0.39, 0.29) is 6.42 Å². The van der Waals surface area contributed by atoms with Crippen LogP contribution in [0, 0.1) is 0 Å². The van der Waals surface area contributed by atoms with Gasteiger partial charge in [-0.05, 0) is 26.7 Å². The number of ether oxygens (including phenoxy) is 2. The van der Waals surface area contributed by atoms with E-state index in [9.17, 15) is 10.2 Å². The van der Waals surface area contributed by atoms with E-state index >= 15 is 0 Å². The third-order valence-corrected chi connectivity index (χ3v) is 2.75. The molecular weight excluding hydrogens is 232 g/mol. The first-order chi connectivity index (χ1) is 8.44. The van der Waals surface area contributed by atoms with Crippen LogP contribution < -0.4 is 0 Å². The third kappa shape index (κ3) is 8.03. The van der Waals surface area contributed by atoms with E-state index in [0.717, 1.165) is 25.7 Å². The van der Waals surface area contributed by atoms with Gasteiger partial charge in [-0.1, -0.05) is 26.7 Å². The molecule has 0 aromatic rings. The van der Waals surface area contributed by atoms with Crippen molar-refractivity contribution < 1.29 is 19.7 Å². The molecule has 0 bridgehead atoms. The molecular formula is C14H30O4. The van der Waals surface area contributed by atoms with Crippen LogP contribution in [0.25, 0.3) is 0 Å². The molecule has 2 unspecified atom stereocenters. The summed E-state index contributed by atoms with van der Waals surface area (Å²) in [6.45, 7) is 8.63. The Bertz CT molecular complexity index is 182. The van der Waals surface area contributed by atoms with E-state index in [0.29, 0.717) is 13.2 Å². The maximum Gasteiger partial charge on any atom is 0.186 e. The fourth-order valence-electron chi connectivity index (χ4n) is 1.77. The summed E-state index contributed by atoms with van der Waals surface area (Å²) in [6.07, 6.45) is 2.98. The topological polar surface area (TPSA) is 58.9 Å². The van der Waals surface area contributed by atoms with Crippen molar-refractivity contribution in [1.82, 2.24) is 0 Å². The van der Waals surface area contributed by atoms with Gasteiger partial charge in [-0.2, -0.15) is 0 Å². The van der Waals surface area contributed by atoms with Crippen molar-refractivity contribution in [2.45, 2.75) is 77.8 Å². The minimum atomic E-state index is -1.16. The van der Waals surface area contributed by atoms with Crippen LogP contribution in [0.15, 0.2) is 0 Å². The summed E-state index contributed by atoms with van der Waals surface area (Å²) in [5.41, 5.74) is -1.16. The van der Waals surface area contributed by atoms with Gasteiger partial charge < -0.3 is 19.7 Å². The zero-order valence-corrected chi connectivity index (χ0v) is 12.3. The van der Waals surface area contributed by atoms with E-state index in [1.54, 1.807) is 13.8 Å². The Morgan fingerprint density at radius 1 is 1.06 bits per heavy atom. The van der Waals surface area contributed by atoms with Crippen molar-refractivity contribution >= 4 is 0 Å². The highest BCUT2D eigenvalue weighted by Gasteiger charge is 2.34. The average Bonchev–Trinajstić information content (AvgIpc) is 2.25. The van der Waals surface area contributed by atoms with Crippen LogP contribution >= 0.6 is 0 Å². The lowest BCUT2D eigenvalue weighted by Gasteiger charge is -2.33. The lowest BCUT2D eigenvalue weighted by Crippen LogP contribution is -2.45. The molecule has 0 aromatic heterocycles. The molecule has 0 saturated carbocycles. The quantitative estimate of drug-likeness (QED) is 0.443. The Labute approximate surface area is 111 Å². The fourth-order valence-corrected chi connectivity index (χ4v) is 1.77. The molecule has 0 spiro atoms. The zero-order valence-electron chi connectivity index (χ0n) is 12.3. The molecule has 4 heteroatoms. The van der Waals surface area contributed by atoms with Crippen molar-refractivity contribution in [2.24, 2.45) is 0 Å². The molecule has 0 fully saturated rings. The van der Waals surface area contributed by atoms with E-state index in [1.165, 1.54) is 0 Å². The van der Waals surface area contributed by atoms with Gasteiger partial charge >= 0.3 is 0 Å². The normalized spacial score (nSPS) is 16.8. The van der Waals surface area contributed by atoms with Crippen LogP contribution in [0.3, 0.4) is 0 Å². The van der Waals surface area contributed by atoms with Crippen LogP contribution in [0.1, 0.15) is 59.8 Å². The van der Waals surface area contributed by atoms with Gasteiger partial charge in [0.15, 0.2) is 6.29 Å². The summed E-state index contributed by atoms with van der Waals surface area (Å²) in [5.74, 6) is 0. The summed E-state index contributed by atoms with van der Waals surface area (Å²) in [4.78, 5) is 0. The van der Waals surface area contributed by atoms with Gasteiger partial charge in [-0.3, -0.25) is 0 Å². The van der Waals surface area contributed by atoms with Crippen LogP contribution in [-0.2, 0) is 9.47 Å². The van der Waals surface area contributed by atoms with Crippen molar-refractivity contribution in [2.75, 3.05) is 13.2 Å². The molecule has 2 N–H and O–H groups in total. The lowest BCUT2D eigenvalue weighted by molar-refractivity contribution is -0.239. The summed E-state index contributed by atoms with van der Waals surface area (Å²) in [5, 5.41) is 19.7. The molecule has 18 heavy (non-hydrogen) atoms. The minimum absolute atomic E-state index is 0.246. The first-order valence-electron chi connectivity index (χ1n) is 7.07.